The summed E-state index contributed by atoms with van der Waals surface area (Å²) in [6.07, 6.45) is -3.21. The van der Waals surface area contributed by atoms with Gasteiger partial charge in [-0.15, -0.1) is 0 Å². The van der Waals surface area contributed by atoms with Crippen molar-refractivity contribution in [2.45, 2.75) is 6.18 Å². The lowest BCUT2D eigenvalue weighted by atomic mass is 10.1. The SMILES string of the molecule is COc1ccc(-c2cc(Nc3cccc(C(F)(F)F)n3)ncn2)cc1OC. The van der Waals surface area contributed by atoms with E-state index in [1.807, 2.05) is 0 Å². The fraction of sp³-hybridized carbons (Fsp3) is 0.167. The average molecular weight is 376 g/mol. The zero-order chi connectivity index (χ0) is 19.4. The summed E-state index contributed by atoms with van der Waals surface area (Å²) in [6, 6.07) is 10.5. The average Bonchev–Trinajstić information content (AvgIpc) is 2.67. The molecular weight excluding hydrogens is 361 g/mol. The van der Waals surface area contributed by atoms with E-state index in [0.29, 0.717) is 23.0 Å². The number of hydrogen-bond acceptors (Lipinski definition) is 6. The third-order valence-electron chi connectivity index (χ3n) is 3.64. The van der Waals surface area contributed by atoms with Crippen LogP contribution in [0.5, 0.6) is 11.5 Å². The van der Waals surface area contributed by atoms with E-state index in [0.717, 1.165) is 11.6 Å². The number of aromatic nitrogens is 3. The van der Waals surface area contributed by atoms with Crippen LogP contribution in [0.3, 0.4) is 0 Å². The van der Waals surface area contributed by atoms with E-state index in [9.17, 15) is 13.2 Å². The Kier molecular flexibility index (Phi) is 5.11. The Labute approximate surface area is 153 Å². The highest BCUT2D eigenvalue weighted by molar-refractivity contribution is 5.67. The molecular formula is C18H15F3N4O2. The maximum atomic E-state index is 12.8. The van der Waals surface area contributed by atoms with E-state index in [-0.39, 0.29) is 5.82 Å². The number of nitrogens with one attached hydrogen (secondary N) is 1. The van der Waals surface area contributed by atoms with E-state index < -0.39 is 11.9 Å². The molecule has 0 amide bonds. The summed E-state index contributed by atoms with van der Waals surface area (Å²) >= 11 is 0. The minimum Gasteiger partial charge on any atom is -0.493 e. The van der Waals surface area contributed by atoms with Gasteiger partial charge in [-0.1, -0.05) is 6.07 Å². The van der Waals surface area contributed by atoms with Crippen LogP contribution in [-0.4, -0.2) is 29.2 Å². The van der Waals surface area contributed by atoms with Crippen molar-refractivity contribution in [3.63, 3.8) is 0 Å². The number of halogens is 3. The molecule has 0 radical (unpaired) electrons. The van der Waals surface area contributed by atoms with Gasteiger partial charge in [-0.2, -0.15) is 13.2 Å². The van der Waals surface area contributed by atoms with E-state index in [4.69, 9.17) is 9.47 Å². The second-order valence-electron chi connectivity index (χ2n) is 5.39. The molecule has 1 aromatic carbocycles. The Balaban J connectivity index is 1.89. The summed E-state index contributed by atoms with van der Waals surface area (Å²) in [5.41, 5.74) is 0.303. The monoisotopic (exact) mass is 376 g/mol. The topological polar surface area (TPSA) is 69.2 Å². The van der Waals surface area contributed by atoms with Crippen molar-refractivity contribution >= 4 is 11.6 Å². The fourth-order valence-corrected chi connectivity index (χ4v) is 2.37. The number of hydrogen-bond donors (Lipinski definition) is 1. The quantitative estimate of drug-likeness (QED) is 0.715. The standard InChI is InChI=1S/C18H15F3N4O2/c1-26-13-7-6-11(8-14(13)27-2)12-9-17(23-10-22-12)25-16-5-3-4-15(24-16)18(19,20)21/h3-10H,1-2H3,(H,22,23,24,25). The van der Waals surface area contributed by atoms with Gasteiger partial charge in [-0.3, -0.25) is 0 Å². The lowest BCUT2D eigenvalue weighted by Crippen LogP contribution is -2.09. The zero-order valence-corrected chi connectivity index (χ0v) is 14.4. The molecule has 0 bridgehead atoms. The molecule has 0 spiro atoms. The normalized spacial score (nSPS) is 11.1. The van der Waals surface area contributed by atoms with Crippen molar-refractivity contribution < 1.29 is 22.6 Å². The maximum absolute atomic E-state index is 12.8. The minimum atomic E-state index is -4.52. The van der Waals surface area contributed by atoms with Crippen LogP contribution in [0.1, 0.15) is 5.69 Å². The second-order valence-corrected chi connectivity index (χ2v) is 5.39. The number of pyridine rings is 1. The van der Waals surface area contributed by atoms with Crippen molar-refractivity contribution in [2.75, 3.05) is 19.5 Å². The van der Waals surface area contributed by atoms with Gasteiger partial charge in [0.05, 0.1) is 19.9 Å². The smallest absolute Gasteiger partial charge is 0.433 e. The molecule has 0 unspecified atom stereocenters. The van der Waals surface area contributed by atoms with Crippen molar-refractivity contribution in [3.8, 4) is 22.8 Å². The molecule has 3 rings (SSSR count). The summed E-state index contributed by atoms with van der Waals surface area (Å²) in [6.45, 7) is 0. The van der Waals surface area contributed by atoms with Crippen LogP contribution in [0.25, 0.3) is 11.3 Å². The van der Waals surface area contributed by atoms with Gasteiger partial charge in [0, 0.05) is 11.6 Å². The highest BCUT2D eigenvalue weighted by Gasteiger charge is 2.32. The van der Waals surface area contributed by atoms with Gasteiger partial charge in [0.2, 0.25) is 0 Å². The van der Waals surface area contributed by atoms with Crippen LogP contribution in [0, 0.1) is 0 Å². The Morgan fingerprint density at radius 3 is 2.37 bits per heavy atom. The first kappa shape index (κ1) is 18.4. The van der Waals surface area contributed by atoms with E-state index in [1.54, 1.807) is 24.3 Å². The number of methoxy groups -OCH3 is 2. The third kappa shape index (κ3) is 4.25. The summed E-state index contributed by atoms with van der Waals surface area (Å²) in [7, 11) is 3.06. The largest absolute Gasteiger partial charge is 0.493 e. The van der Waals surface area contributed by atoms with Crippen LogP contribution >= 0.6 is 0 Å². The van der Waals surface area contributed by atoms with Gasteiger partial charge < -0.3 is 14.8 Å². The number of ether oxygens (including phenoxy) is 2. The van der Waals surface area contributed by atoms with Crippen molar-refractivity contribution in [1.29, 1.82) is 0 Å². The van der Waals surface area contributed by atoms with Crippen LogP contribution in [-0.2, 0) is 6.18 Å². The predicted molar refractivity (Wildman–Crippen MR) is 93.1 cm³/mol. The van der Waals surface area contributed by atoms with Gasteiger partial charge in [0.25, 0.3) is 0 Å². The van der Waals surface area contributed by atoms with Crippen molar-refractivity contribution in [1.82, 2.24) is 15.0 Å². The molecule has 0 aliphatic rings. The van der Waals surface area contributed by atoms with E-state index in [1.165, 1.54) is 32.7 Å². The fourth-order valence-electron chi connectivity index (χ4n) is 2.37. The highest BCUT2D eigenvalue weighted by Crippen LogP contribution is 2.32. The molecule has 2 aromatic heterocycles. The van der Waals surface area contributed by atoms with Gasteiger partial charge in [-0.05, 0) is 30.3 Å². The molecule has 6 nitrogen and oxygen atoms in total. The molecule has 0 fully saturated rings. The minimum absolute atomic E-state index is 0.0294. The number of anilines is 2. The first-order valence-corrected chi connectivity index (χ1v) is 7.76. The lowest BCUT2D eigenvalue weighted by molar-refractivity contribution is -0.141. The summed E-state index contributed by atoms with van der Waals surface area (Å²) < 4.78 is 48.8. The summed E-state index contributed by atoms with van der Waals surface area (Å²) in [4.78, 5) is 11.8. The molecule has 0 saturated heterocycles. The summed E-state index contributed by atoms with van der Waals surface area (Å²) in [5, 5.41) is 2.76. The van der Waals surface area contributed by atoms with Crippen molar-refractivity contribution in [2.24, 2.45) is 0 Å². The Morgan fingerprint density at radius 2 is 1.67 bits per heavy atom. The number of alkyl halides is 3. The second kappa shape index (κ2) is 7.48. The van der Waals surface area contributed by atoms with E-state index in [2.05, 4.69) is 20.3 Å². The van der Waals surface area contributed by atoms with Gasteiger partial charge in [0.1, 0.15) is 23.7 Å². The van der Waals surface area contributed by atoms with Crippen LogP contribution in [0.4, 0.5) is 24.8 Å². The molecule has 27 heavy (non-hydrogen) atoms. The molecule has 0 saturated carbocycles. The summed E-state index contributed by atoms with van der Waals surface area (Å²) in [5.74, 6) is 1.44. The zero-order valence-electron chi connectivity index (χ0n) is 14.4. The first-order chi connectivity index (χ1) is 12.9. The predicted octanol–water partition coefficient (Wildman–Crippen LogP) is 4.32. The molecule has 9 heteroatoms. The Morgan fingerprint density at radius 1 is 0.889 bits per heavy atom. The van der Waals surface area contributed by atoms with Crippen molar-refractivity contribution in [3.05, 3.63) is 54.5 Å². The van der Waals surface area contributed by atoms with Crippen LogP contribution in [0.2, 0.25) is 0 Å². The number of benzene rings is 1. The highest BCUT2D eigenvalue weighted by atomic mass is 19.4. The van der Waals surface area contributed by atoms with E-state index >= 15 is 0 Å². The Hall–Kier alpha value is -3.36. The lowest BCUT2D eigenvalue weighted by Gasteiger charge is -2.11. The Bertz CT molecular complexity index is 948. The number of rotatable bonds is 5. The maximum Gasteiger partial charge on any atom is 0.433 e. The molecule has 0 aliphatic heterocycles. The molecule has 0 aliphatic carbocycles. The third-order valence-corrected chi connectivity index (χ3v) is 3.64. The van der Waals surface area contributed by atoms with Gasteiger partial charge in [0.15, 0.2) is 11.5 Å². The van der Waals surface area contributed by atoms with Crippen LogP contribution in [0.15, 0.2) is 48.8 Å². The van der Waals surface area contributed by atoms with Gasteiger partial charge >= 0.3 is 6.18 Å². The first-order valence-electron chi connectivity index (χ1n) is 7.76. The molecule has 140 valence electrons. The number of nitrogens with zero attached hydrogens (tertiary/aromatic N) is 3. The molecule has 1 N–H and O–H groups in total. The molecule has 0 atom stereocenters. The molecule has 2 heterocycles. The van der Waals surface area contributed by atoms with Gasteiger partial charge in [-0.25, -0.2) is 15.0 Å². The van der Waals surface area contributed by atoms with Crippen LogP contribution < -0.4 is 14.8 Å². The molecule has 3 aromatic rings.